The predicted molar refractivity (Wildman–Crippen MR) is 120 cm³/mol. The fourth-order valence-corrected chi connectivity index (χ4v) is 3.83. The van der Waals surface area contributed by atoms with E-state index in [4.69, 9.17) is 16.3 Å². The van der Waals surface area contributed by atoms with Crippen LogP contribution in [0.2, 0.25) is 5.15 Å². The third kappa shape index (κ3) is 5.19. The van der Waals surface area contributed by atoms with E-state index in [0.29, 0.717) is 6.07 Å². The van der Waals surface area contributed by atoms with Gasteiger partial charge in [-0.05, 0) is 29.8 Å². The molecule has 2 heterocycles. The van der Waals surface area contributed by atoms with Gasteiger partial charge in [-0.25, -0.2) is 18.0 Å². The van der Waals surface area contributed by atoms with Crippen molar-refractivity contribution in [3.63, 3.8) is 0 Å². The van der Waals surface area contributed by atoms with E-state index in [1.807, 2.05) is 0 Å². The van der Waals surface area contributed by atoms with Crippen LogP contribution < -0.4 is 10.1 Å². The predicted octanol–water partition coefficient (Wildman–Crippen LogP) is 7.09. The van der Waals surface area contributed by atoms with Gasteiger partial charge < -0.3 is 14.8 Å². The number of pyridine rings is 1. The van der Waals surface area contributed by atoms with E-state index in [1.54, 1.807) is 0 Å². The van der Waals surface area contributed by atoms with Crippen LogP contribution in [0.25, 0.3) is 16.8 Å². The summed E-state index contributed by atoms with van der Waals surface area (Å²) in [6.45, 7) is 0. The summed E-state index contributed by atoms with van der Waals surface area (Å²) in [6, 6.07) is 8.64. The van der Waals surface area contributed by atoms with Crippen LogP contribution in [0.3, 0.4) is 0 Å². The van der Waals surface area contributed by atoms with Gasteiger partial charge in [-0.3, -0.25) is 9.20 Å². The van der Waals surface area contributed by atoms with Crippen LogP contribution in [0.1, 0.15) is 15.9 Å². The van der Waals surface area contributed by atoms with Crippen molar-refractivity contribution in [3.05, 3.63) is 88.3 Å². The second-order valence-electron chi connectivity index (χ2n) is 7.51. The summed E-state index contributed by atoms with van der Waals surface area (Å²) in [5.74, 6) is -5.45. The third-order valence-electron chi connectivity index (χ3n) is 5.14. The van der Waals surface area contributed by atoms with Gasteiger partial charge in [0.05, 0.1) is 29.4 Å². The molecule has 0 radical (unpaired) electrons. The fourth-order valence-electron chi connectivity index (χ4n) is 3.54. The van der Waals surface area contributed by atoms with Crippen LogP contribution in [-0.2, 0) is 10.9 Å². The maximum atomic E-state index is 13.9. The molecule has 4 rings (SSSR count). The molecule has 0 atom stereocenters. The van der Waals surface area contributed by atoms with Crippen molar-refractivity contribution in [1.29, 1.82) is 0 Å². The minimum atomic E-state index is -4.80. The molecular weight excluding hydrogens is 530 g/mol. The Hall–Kier alpha value is -4.19. The van der Waals surface area contributed by atoms with Crippen molar-refractivity contribution in [3.8, 4) is 17.0 Å². The zero-order chi connectivity index (χ0) is 27.1. The molecule has 0 bridgehead atoms. The minimum absolute atomic E-state index is 0.0344. The molecular formula is C24H13ClF6N2O4. The summed E-state index contributed by atoms with van der Waals surface area (Å²) in [7, 11) is 1.06. The van der Waals surface area contributed by atoms with Gasteiger partial charge in [0.1, 0.15) is 16.7 Å². The molecule has 0 aliphatic heterocycles. The molecule has 37 heavy (non-hydrogen) atoms. The number of benzene rings is 2. The number of nitrogens with one attached hydrogen (secondary N) is 1. The molecule has 6 nitrogen and oxygen atoms in total. The monoisotopic (exact) mass is 542 g/mol. The Morgan fingerprint density at radius 3 is 2.19 bits per heavy atom. The highest BCUT2D eigenvalue weighted by molar-refractivity contribution is 6.30. The van der Waals surface area contributed by atoms with Crippen molar-refractivity contribution in [2.24, 2.45) is 0 Å². The molecule has 0 aliphatic carbocycles. The number of anilines is 1. The van der Waals surface area contributed by atoms with Crippen LogP contribution in [0, 0.1) is 17.5 Å². The molecule has 4 aromatic rings. The number of hydrogen-bond donors (Lipinski definition) is 1. The molecule has 0 unspecified atom stereocenters. The van der Waals surface area contributed by atoms with Gasteiger partial charge in [0.2, 0.25) is 0 Å². The van der Waals surface area contributed by atoms with Crippen molar-refractivity contribution in [1.82, 2.24) is 4.40 Å². The number of carbonyl (C=O) groups excluding carboxylic acids is 2. The van der Waals surface area contributed by atoms with E-state index in [1.165, 1.54) is 24.3 Å². The maximum absolute atomic E-state index is 13.9. The summed E-state index contributed by atoms with van der Waals surface area (Å²) < 4.78 is 92.4. The summed E-state index contributed by atoms with van der Waals surface area (Å²) in [6.07, 6.45) is -5.89. The van der Waals surface area contributed by atoms with E-state index in [-0.39, 0.29) is 39.4 Å². The molecule has 0 aliphatic rings. The highest BCUT2D eigenvalue weighted by atomic mass is 35.5. The Morgan fingerprint density at radius 2 is 1.57 bits per heavy atom. The zero-order valence-electron chi connectivity index (χ0n) is 18.4. The quantitative estimate of drug-likeness (QED) is 0.129. The number of rotatable bonds is 4. The van der Waals surface area contributed by atoms with Gasteiger partial charge in [-0.15, -0.1) is 0 Å². The number of ether oxygens (including phenoxy) is 2. The maximum Gasteiger partial charge on any atom is 0.513 e. The molecule has 0 spiro atoms. The van der Waals surface area contributed by atoms with E-state index < -0.39 is 46.8 Å². The normalized spacial score (nSPS) is 11.5. The molecule has 1 amide bonds. The first kappa shape index (κ1) is 25.9. The molecule has 1 N–H and O–H groups in total. The standard InChI is InChI=1S/C24H13ClF6N2O4/c1-36-23(35)37-14-6-13-7-16(24(29,30)31)21(33(13)20(25)8-14)11-2-4-12(5-3-11)32-22(34)15-9-18(27)19(28)10-17(15)26/h2-10H,1H3,(H,32,34). The largest absolute Gasteiger partial charge is 0.513 e. The SMILES string of the molecule is COC(=O)Oc1cc(Cl)n2c(-c3ccc(NC(=O)c4cc(F)c(F)cc4F)cc3)c(C(F)(F)F)cc2c1. The summed E-state index contributed by atoms with van der Waals surface area (Å²) in [5, 5.41) is 2.04. The first-order valence-electron chi connectivity index (χ1n) is 10.1. The minimum Gasteiger partial charge on any atom is -0.437 e. The van der Waals surface area contributed by atoms with Crippen molar-refractivity contribution in [2.45, 2.75) is 6.18 Å². The van der Waals surface area contributed by atoms with Crippen molar-refractivity contribution < 1.29 is 45.4 Å². The number of carbonyl (C=O) groups is 2. The van der Waals surface area contributed by atoms with E-state index >= 15 is 0 Å². The Morgan fingerprint density at radius 1 is 0.919 bits per heavy atom. The summed E-state index contributed by atoms with van der Waals surface area (Å²) in [5.41, 5.74) is -2.14. The molecule has 0 saturated heterocycles. The number of alkyl halides is 3. The van der Waals surface area contributed by atoms with Crippen LogP contribution in [-0.4, -0.2) is 23.6 Å². The number of methoxy groups -OCH3 is 1. The highest BCUT2D eigenvalue weighted by Crippen LogP contribution is 2.41. The molecule has 0 fully saturated rings. The summed E-state index contributed by atoms with van der Waals surface area (Å²) >= 11 is 6.23. The second kappa shape index (κ2) is 9.69. The topological polar surface area (TPSA) is 69.0 Å². The third-order valence-corrected chi connectivity index (χ3v) is 5.42. The Bertz CT molecular complexity index is 1530. The number of amides is 1. The fraction of sp³-hybridized carbons (Fsp3) is 0.0833. The number of aromatic nitrogens is 1. The van der Waals surface area contributed by atoms with Crippen LogP contribution in [0.5, 0.6) is 5.75 Å². The molecule has 0 saturated carbocycles. The van der Waals surface area contributed by atoms with Crippen molar-refractivity contribution in [2.75, 3.05) is 12.4 Å². The average molecular weight is 543 g/mol. The Balaban J connectivity index is 1.72. The average Bonchev–Trinajstić information content (AvgIpc) is 3.22. The Labute approximate surface area is 209 Å². The Kier molecular flexibility index (Phi) is 6.78. The van der Waals surface area contributed by atoms with Gasteiger partial charge in [-0.1, -0.05) is 23.7 Å². The zero-order valence-corrected chi connectivity index (χ0v) is 19.2. The molecule has 192 valence electrons. The van der Waals surface area contributed by atoms with E-state index in [0.717, 1.165) is 29.7 Å². The number of hydrogen-bond acceptors (Lipinski definition) is 4. The van der Waals surface area contributed by atoms with Crippen LogP contribution in [0.4, 0.5) is 36.8 Å². The van der Waals surface area contributed by atoms with Gasteiger partial charge >= 0.3 is 12.3 Å². The van der Waals surface area contributed by atoms with Crippen LogP contribution in [0.15, 0.2) is 54.6 Å². The summed E-state index contributed by atoms with van der Waals surface area (Å²) in [4.78, 5) is 23.7. The van der Waals surface area contributed by atoms with Gasteiger partial charge in [-0.2, -0.15) is 13.2 Å². The van der Waals surface area contributed by atoms with Gasteiger partial charge in [0.15, 0.2) is 11.6 Å². The molecule has 13 heteroatoms. The number of halogens is 7. The number of nitrogens with zero attached hydrogens (tertiary/aromatic N) is 1. The number of fused-ring (bicyclic) bond motifs is 1. The van der Waals surface area contributed by atoms with Crippen molar-refractivity contribution >= 4 is 34.9 Å². The lowest BCUT2D eigenvalue weighted by molar-refractivity contribution is -0.137. The first-order valence-corrected chi connectivity index (χ1v) is 10.5. The van der Waals surface area contributed by atoms with E-state index in [2.05, 4.69) is 10.1 Å². The van der Waals surface area contributed by atoms with Gasteiger partial charge in [0, 0.05) is 23.9 Å². The highest BCUT2D eigenvalue weighted by Gasteiger charge is 2.36. The first-order chi connectivity index (χ1) is 17.4. The lowest BCUT2D eigenvalue weighted by atomic mass is 10.1. The molecule has 2 aromatic heterocycles. The van der Waals surface area contributed by atoms with E-state index in [9.17, 15) is 35.9 Å². The second-order valence-corrected chi connectivity index (χ2v) is 7.90. The smallest absolute Gasteiger partial charge is 0.437 e. The van der Waals surface area contributed by atoms with Gasteiger partial charge in [0.25, 0.3) is 5.91 Å². The lowest BCUT2D eigenvalue weighted by Gasteiger charge is -2.13. The lowest BCUT2D eigenvalue weighted by Crippen LogP contribution is -2.14. The van der Waals surface area contributed by atoms with Crippen LogP contribution >= 0.6 is 11.6 Å². The molecule has 2 aromatic carbocycles.